The van der Waals surface area contributed by atoms with Gasteiger partial charge in [-0.15, -0.1) is 23.5 Å². The lowest BCUT2D eigenvalue weighted by atomic mass is 10.0. The Bertz CT molecular complexity index is 727. The summed E-state index contributed by atoms with van der Waals surface area (Å²) in [4.78, 5) is 12.7. The van der Waals surface area contributed by atoms with Gasteiger partial charge in [0.25, 0.3) is 5.91 Å². The predicted molar refractivity (Wildman–Crippen MR) is 112 cm³/mol. The highest BCUT2D eigenvalue weighted by atomic mass is 32.2. The number of ether oxygens (including phenoxy) is 1. The van der Waals surface area contributed by atoms with Crippen molar-refractivity contribution in [1.82, 2.24) is 5.32 Å². The average Bonchev–Trinajstić information content (AvgIpc) is 2.72. The van der Waals surface area contributed by atoms with Gasteiger partial charge >= 0.3 is 0 Å². The van der Waals surface area contributed by atoms with E-state index in [0.717, 1.165) is 17.7 Å². The molecular weight excluding hydrogens is 362 g/mol. The van der Waals surface area contributed by atoms with Crippen molar-refractivity contribution in [1.29, 1.82) is 0 Å². The number of methoxy groups -OCH3 is 1. The molecule has 0 spiro atoms. The lowest BCUT2D eigenvalue weighted by molar-refractivity contribution is 0.0935. The molecule has 1 heterocycles. The lowest BCUT2D eigenvalue weighted by Crippen LogP contribution is -2.28. The molecule has 0 bridgehead atoms. The van der Waals surface area contributed by atoms with Crippen LogP contribution in [0.25, 0.3) is 0 Å². The Balaban J connectivity index is 1.70. The van der Waals surface area contributed by atoms with Crippen molar-refractivity contribution in [2.45, 2.75) is 30.4 Å². The molecule has 1 fully saturated rings. The second-order valence-electron chi connectivity index (χ2n) is 6.23. The number of hydrogen-bond acceptors (Lipinski definition) is 4. The van der Waals surface area contributed by atoms with Crippen molar-refractivity contribution in [2.24, 2.45) is 0 Å². The fourth-order valence-corrected chi connectivity index (χ4v) is 5.96. The van der Waals surface area contributed by atoms with Crippen molar-refractivity contribution < 1.29 is 9.53 Å². The number of rotatable bonds is 6. The van der Waals surface area contributed by atoms with Crippen LogP contribution in [0.1, 0.15) is 51.9 Å². The molecule has 3 nitrogen and oxygen atoms in total. The minimum Gasteiger partial charge on any atom is -0.496 e. The van der Waals surface area contributed by atoms with Crippen LogP contribution in [0, 0.1) is 0 Å². The van der Waals surface area contributed by atoms with Crippen LogP contribution in [0.4, 0.5) is 0 Å². The summed E-state index contributed by atoms with van der Waals surface area (Å²) in [5.74, 6) is 3.20. The number of nitrogens with one attached hydrogen (secondary N) is 1. The molecule has 5 heteroatoms. The predicted octanol–water partition coefficient (Wildman–Crippen LogP) is 5.45. The minimum absolute atomic E-state index is 0.0433. The number of amides is 1. The van der Waals surface area contributed by atoms with E-state index in [0.29, 0.717) is 10.1 Å². The lowest BCUT2D eigenvalue weighted by Gasteiger charge is -2.22. The van der Waals surface area contributed by atoms with Crippen LogP contribution in [0.15, 0.2) is 48.5 Å². The Labute approximate surface area is 164 Å². The Morgan fingerprint density at radius 1 is 1.15 bits per heavy atom. The van der Waals surface area contributed by atoms with E-state index < -0.39 is 0 Å². The summed E-state index contributed by atoms with van der Waals surface area (Å²) >= 11 is 3.99. The number of thioether (sulfide) groups is 2. The Kier molecular flexibility index (Phi) is 6.92. The summed E-state index contributed by atoms with van der Waals surface area (Å²) in [6.45, 7) is 2.07. The van der Waals surface area contributed by atoms with Crippen molar-refractivity contribution in [3.8, 4) is 5.75 Å². The first-order valence-corrected chi connectivity index (χ1v) is 11.1. The first-order valence-electron chi connectivity index (χ1n) is 9.00. The largest absolute Gasteiger partial charge is 0.496 e. The molecule has 0 saturated carbocycles. The van der Waals surface area contributed by atoms with Gasteiger partial charge in [-0.2, -0.15) is 0 Å². The van der Waals surface area contributed by atoms with Crippen LogP contribution in [-0.2, 0) is 0 Å². The molecule has 1 unspecified atom stereocenters. The highest BCUT2D eigenvalue weighted by Crippen LogP contribution is 2.43. The molecule has 138 valence electrons. The van der Waals surface area contributed by atoms with Gasteiger partial charge in [0, 0.05) is 11.1 Å². The first-order chi connectivity index (χ1) is 12.7. The van der Waals surface area contributed by atoms with Crippen LogP contribution < -0.4 is 10.1 Å². The van der Waals surface area contributed by atoms with E-state index in [1.54, 1.807) is 7.11 Å². The molecule has 1 aliphatic heterocycles. The van der Waals surface area contributed by atoms with Gasteiger partial charge in [0.05, 0.1) is 17.7 Å². The third-order valence-electron chi connectivity index (χ3n) is 4.50. The van der Waals surface area contributed by atoms with Gasteiger partial charge in [0.2, 0.25) is 0 Å². The Morgan fingerprint density at radius 3 is 2.50 bits per heavy atom. The minimum atomic E-state index is -0.0669. The SMILES string of the molecule is CCC(NC(=O)c1ccc(C2SCCCS2)cc1)c1ccccc1OC. The summed E-state index contributed by atoms with van der Waals surface area (Å²) in [6.07, 6.45) is 2.09. The maximum atomic E-state index is 12.7. The van der Waals surface area contributed by atoms with E-state index >= 15 is 0 Å². The highest BCUT2D eigenvalue weighted by molar-refractivity contribution is 8.16. The maximum Gasteiger partial charge on any atom is 0.251 e. The molecule has 1 atom stereocenters. The standard InChI is InChI=1S/C21H25NO2S2/c1-3-18(17-7-4-5-8-19(17)24-2)22-20(23)15-9-11-16(12-10-15)21-25-13-6-14-26-21/h4-5,7-12,18,21H,3,6,13-14H2,1-2H3,(H,22,23). The molecule has 3 rings (SSSR count). The zero-order valence-electron chi connectivity index (χ0n) is 15.2. The highest BCUT2D eigenvalue weighted by Gasteiger charge is 2.19. The quantitative estimate of drug-likeness (QED) is 0.716. The summed E-state index contributed by atoms with van der Waals surface area (Å²) in [5.41, 5.74) is 3.01. The number of hydrogen-bond donors (Lipinski definition) is 1. The number of para-hydroxylation sites is 1. The number of carbonyl (C=O) groups excluding carboxylic acids is 1. The van der Waals surface area contributed by atoms with Gasteiger partial charge in [0.15, 0.2) is 0 Å². The van der Waals surface area contributed by atoms with E-state index in [2.05, 4.69) is 24.4 Å². The van der Waals surface area contributed by atoms with Crippen molar-refractivity contribution in [3.05, 3.63) is 65.2 Å². The molecule has 1 amide bonds. The molecule has 26 heavy (non-hydrogen) atoms. The Morgan fingerprint density at radius 2 is 1.85 bits per heavy atom. The number of carbonyl (C=O) groups is 1. The van der Waals surface area contributed by atoms with Crippen LogP contribution >= 0.6 is 23.5 Å². The third-order valence-corrected chi connectivity index (χ3v) is 7.52. The molecule has 2 aromatic rings. The normalized spacial score (nSPS) is 16.1. The van der Waals surface area contributed by atoms with Crippen molar-refractivity contribution in [2.75, 3.05) is 18.6 Å². The molecule has 1 saturated heterocycles. The van der Waals surface area contributed by atoms with E-state index in [1.165, 1.54) is 23.5 Å². The molecule has 0 aromatic heterocycles. The monoisotopic (exact) mass is 387 g/mol. The van der Waals surface area contributed by atoms with Gasteiger partial charge in [-0.05, 0) is 48.1 Å². The van der Waals surface area contributed by atoms with Crippen LogP contribution in [-0.4, -0.2) is 24.5 Å². The molecule has 1 N–H and O–H groups in total. The molecular formula is C21H25NO2S2. The van der Waals surface area contributed by atoms with E-state index in [-0.39, 0.29) is 11.9 Å². The summed E-state index contributed by atoms with van der Waals surface area (Å²) in [6, 6.07) is 15.8. The third kappa shape index (κ3) is 4.57. The first kappa shape index (κ1) is 19.2. The molecule has 0 aliphatic carbocycles. The second kappa shape index (κ2) is 9.38. The van der Waals surface area contributed by atoms with Gasteiger partial charge in [-0.25, -0.2) is 0 Å². The van der Waals surface area contributed by atoms with E-state index in [9.17, 15) is 4.79 Å². The summed E-state index contributed by atoms with van der Waals surface area (Å²) < 4.78 is 5.94. The van der Waals surface area contributed by atoms with Crippen molar-refractivity contribution in [3.63, 3.8) is 0 Å². The molecule has 1 aliphatic rings. The van der Waals surface area contributed by atoms with E-state index in [4.69, 9.17) is 4.74 Å². The van der Waals surface area contributed by atoms with E-state index in [1.807, 2.05) is 59.9 Å². The molecule has 2 aromatic carbocycles. The Hall–Kier alpha value is -1.59. The maximum absolute atomic E-state index is 12.7. The van der Waals surface area contributed by atoms with Crippen LogP contribution in [0.3, 0.4) is 0 Å². The smallest absolute Gasteiger partial charge is 0.251 e. The van der Waals surface area contributed by atoms with Gasteiger partial charge in [-0.3, -0.25) is 4.79 Å². The van der Waals surface area contributed by atoms with Crippen LogP contribution in [0.2, 0.25) is 0 Å². The van der Waals surface area contributed by atoms with Gasteiger partial charge in [-0.1, -0.05) is 37.3 Å². The van der Waals surface area contributed by atoms with Crippen LogP contribution in [0.5, 0.6) is 5.75 Å². The average molecular weight is 388 g/mol. The fraction of sp³-hybridized carbons (Fsp3) is 0.381. The van der Waals surface area contributed by atoms with Gasteiger partial charge < -0.3 is 10.1 Å². The van der Waals surface area contributed by atoms with Gasteiger partial charge in [0.1, 0.15) is 5.75 Å². The summed E-state index contributed by atoms with van der Waals surface area (Å²) in [5, 5.41) is 3.14. The number of benzene rings is 2. The fourth-order valence-electron chi connectivity index (χ4n) is 3.07. The second-order valence-corrected chi connectivity index (χ2v) is 8.95. The zero-order chi connectivity index (χ0) is 18.4. The molecule has 0 radical (unpaired) electrons. The zero-order valence-corrected chi connectivity index (χ0v) is 16.9. The van der Waals surface area contributed by atoms with Crippen molar-refractivity contribution >= 4 is 29.4 Å². The summed E-state index contributed by atoms with van der Waals surface area (Å²) in [7, 11) is 1.66. The topological polar surface area (TPSA) is 38.3 Å².